The Balaban J connectivity index is 1.54. The molecule has 0 aromatic carbocycles. The van der Waals surface area contributed by atoms with Crippen molar-refractivity contribution in [2.45, 2.75) is 155 Å². The molecule has 2 aliphatic rings. The van der Waals surface area contributed by atoms with E-state index in [2.05, 4.69) is 39.3 Å². The zero-order valence-corrected chi connectivity index (χ0v) is 36.5. The van der Waals surface area contributed by atoms with Gasteiger partial charge in [-0.3, -0.25) is 18.9 Å². The van der Waals surface area contributed by atoms with Gasteiger partial charge in [0.15, 0.2) is 11.8 Å². The van der Waals surface area contributed by atoms with Crippen LogP contribution in [0.4, 0.5) is 9.59 Å². The number of hydrogen-bond donors (Lipinski definition) is 0. The number of ether oxygens (including phenoxy) is 4. The van der Waals surface area contributed by atoms with Gasteiger partial charge in [0.05, 0.1) is 24.5 Å². The minimum absolute atomic E-state index is 0.138. The van der Waals surface area contributed by atoms with E-state index in [0.717, 1.165) is 37.8 Å². The highest BCUT2D eigenvalue weighted by Crippen LogP contribution is 2.36. The fourth-order valence-corrected chi connectivity index (χ4v) is 7.65. The van der Waals surface area contributed by atoms with Crippen LogP contribution in [-0.2, 0) is 32.4 Å². The molecule has 2 amide bonds. The van der Waals surface area contributed by atoms with Crippen LogP contribution in [0.5, 0.6) is 11.8 Å². The molecule has 2 aliphatic heterocycles. The first-order valence-electron chi connectivity index (χ1n) is 19.1. The third-order valence-corrected chi connectivity index (χ3v) is 12.3. The Labute approximate surface area is 319 Å². The molecule has 4 heterocycles. The Morgan fingerprint density at radius 2 is 1.08 bits per heavy atom. The molecule has 0 aliphatic carbocycles. The first-order valence-corrected chi connectivity index (χ1v) is 26.5. The summed E-state index contributed by atoms with van der Waals surface area (Å²) < 4.78 is 40.1. The van der Waals surface area contributed by atoms with Gasteiger partial charge in [-0.25, -0.2) is 19.6 Å². The normalized spacial score (nSPS) is 18.4. The highest BCUT2D eigenvalue weighted by atomic mass is 28.3. The van der Waals surface area contributed by atoms with Crippen molar-refractivity contribution in [3.05, 3.63) is 24.0 Å². The summed E-state index contributed by atoms with van der Waals surface area (Å²) in [6.45, 7) is 28.0. The van der Waals surface area contributed by atoms with E-state index in [9.17, 15) is 9.59 Å². The van der Waals surface area contributed by atoms with E-state index in [-0.39, 0.29) is 45.4 Å². The second-order valence-electron chi connectivity index (χ2n) is 18.5. The van der Waals surface area contributed by atoms with Crippen molar-refractivity contribution in [1.29, 1.82) is 0 Å². The number of nitrogens with zero attached hydrogens (tertiary/aromatic N) is 6. The minimum Gasteiger partial charge on any atom is -0.514 e. The number of rotatable bonds is 16. The van der Waals surface area contributed by atoms with Gasteiger partial charge >= 0.3 is 19.9 Å². The summed E-state index contributed by atoms with van der Waals surface area (Å²) in [6.07, 6.45) is 5.78. The van der Waals surface area contributed by atoms with Gasteiger partial charge in [0, 0.05) is 42.5 Å². The lowest BCUT2D eigenvalue weighted by atomic mass is 10.2. The number of likely N-dealkylation sites (tertiary alicyclic amines) is 2. The Bertz CT molecular complexity index is 1400. The van der Waals surface area contributed by atoms with Crippen LogP contribution in [0.25, 0.3) is 0 Å². The molecule has 2 saturated heterocycles. The average Bonchev–Trinajstić information content (AvgIpc) is 3.81. The van der Waals surface area contributed by atoms with Crippen molar-refractivity contribution in [3.63, 3.8) is 0 Å². The van der Waals surface area contributed by atoms with Crippen LogP contribution in [0.1, 0.15) is 91.0 Å². The van der Waals surface area contributed by atoms with E-state index in [4.69, 9.17) is 38.2 Å². The number of amides is 2. The molecule has 0 saturated carbocycles. The third-order valence-electron chi connectivity index (χ3n) is 8.90. The molecule has 17 heteroatoms. The summed E-state index contributed by atoms with van der Waals surface area (Å²) in [5.74, 6) is 2.30. The number of carbonyl (C=O) groups excluding carboxylic acids is 2. The van der Waals surface area contributed by atoms with Crippen molar-refractivity contribution in [2.24, 2.45) is 0 Å². The fourth-order valence-electron chi connectivity index (χ4n) is 6.14. The Kier molecular flexibility index (Phi) is 14.2. The Morgan fingerprint density at radius 3 is 1.42 bits per heavy atom. The van der Waals surface area contributed by atoms with Crippen molar-refractivity contribution >= 4 is 36.0 Å². The zero-order chi connectivity index (χ0) is 39.2. The summed E-state index contributed by atoms with van der Waals surface area (Å²) in [5.41, 5.74) is -1.22. The first kappa shape index (κ1) is 42.7. The van der Waals surface area contributed by atoms with E-state index in [1.54, 1.807) is 22.2 Å². The van der Waals surface area contributed by atoms with Crippen LogP contribution in [0.15, 0.2) is 12.4 Å². The summed E-state index contributed by atoms with van der Waals surface area (Å²) in [4.78, 5) is 39.4. The number of hydrogen-bond acceptors (Lipinski definition) is 10. The summed E-state index contributed by atoms with van der Waals surface area (Å²) >= 11 is 0. The quantitative estimate of drug-likeness (QED) is 0.124. The molecule has 2 fully saturated rings. The van der Waals surface area contributed by atoms with E-state index in [1.807, 2.05) is 50.7 Å². The van der Waals surface area contributed by atoms with Crippen molar-refractivity contribution in [2.75, 3.05) is 26.3 Å². The lowest BCUT2D eigenvalue weighted by molar-refractivity contribution is 0.0194. The van der Waals surface area contributed by atoms with Crippen molar-refractivity contribution < 1.29 is 37.8 Å². The van der Waals surface area contributed by atoms with Gasteiger partial charge in [0.2, 0.25) is 0 Å². The molecule has 4 rings (SSSR count). The zero-order valence-electron chi connectivity index (χ0n) is 34.5. The number of aromatic nitrogens is 4. The van der Waals surface area contributed by atoms with Crippen LogP contribution < -0.4 is 9.31 Å². The van der Waals surface area contributed by atoms with Gasteiger partial charge in [-0.2, -0.15) is 0 Å². The van der Waals surface area contributed by atoms with Crippen LogP contribution in [-0.4, -0.2) is 102 Å². The number of carbonyl (C=O) groups is 2. The molecule has 14 nitrogen and oxygen atoms in total. The molecular weight excluding hydrogens is 711 g/mol. The molecule has 0 spiro atoms. The molecule has 0 unspecified atom stereocenters. The van der Waals surface area contributed by atoms with Gasteiger partial charge in [-0.1, -0.05) is 39.3 Å². The van der Waals surface area contributed by atoms with Crippen LogP contribution in [0, 0.1) is 0 Å². The van der Waals surface area contributed by atoms with Gasteiger partial charge in [0.25, 0.3) is 0 Å². The van der Waals surface area contributed by atoms with Gasteiger partial charge in [0.1, 0.15) is 36.3 Å². The predicted octanol–water partition coefficient (Wildman–Crippen LogP) is 7.57. The lowest BCUT2D eigenvalue weighted by Crippen LogP contribution is -2.37. The van der Waals surface area contributed by atoms with E-state index >= 15 is 0 Å². The molecule has 53 heavy (non-hydrogen) atoms. The maximum atomic E-state index is 13.2. The molecule has 2 aromatic rings. The maximum absolute atomic E-state index is 13.2. The highest BCUT2D eigenvalue weighted by Gasteiger charge is 2.38. The molecular formula is C36H65BN6O8Si2. The predicted molar refractivity (Wildman–Crippen MR) is 211 cm³/mol. The van der Waals surface area contributed by atoms with Gasteiger partial charge in [-0.15, -0.1) is 0 Å². The average molecular weight is 777 g/mol. The second kappa shape index (κ2) is 17.6. The SMILES string of the molecule is CC(C)(C)OC(=O)N1CCC[C@H]1c1ncc(OBOc2cnc([C@@H]3CCCN3C(=O)OC(C)(C)C)n2COCC[Si](C)(C)C)n1COCC[Si](C)(C)C. The Morgan fingerprint density at radius 1 is 0.698 bits per heavy atom. The van der Waals surface area contributed by atoms with Crippen molar-refractivity contribution in [1.82, 2.24) is 28.9 Å². The standard InChI is InChI=1S/C36H65BN6O8Si2/c1-35(2,3)48-33(44)40-17-13-15-27(40)31-38-23-29(42(31)25-46-19-21-52(7,8)9)50-37-51-30-24-39-32(43(30)26-47-20-22-53(10,11)12)28-16-14-18-41(28)34(45)49-36(4,5)6/h23-24,27-28,37H,13-22,25-26H2,1-12H3/t27-,28-/m0/s1. The van der Waals surface area contributed by atoms with E-state index < -0.39 is 27.3 Å². The third kappa shape index (κ3) is 13.1. The monoisotopic (exact) mass is 776 g/mol. The summed E-state index contributed by atoms with van der Waals surface area (Å²) in [6, 6.07) is 1.48. The molecule has 2 atom stereocenters. The summed E-state index contributed by atoms with van der Waals surface area (Å²) in [5, 5.41) is 0. The van der Waals surface area contributed by atoms with Crippen LogP contribution >= 0.6 is 0 Å². The van der Waals surface area contributed by atoms with E-state index in [1.165, 1.54) is 0 Å². The fraction of sp³-hybridized carbons (Fsp3) is 0.778. The molecule has 0 N–H and O–H groups in total. The minimum atomic E-state index is -1.31. The summed E-state index contributed by atoms with van der Waals surface area (Å²) in [7, 11) is -2.76. The first-order chi connectivity index (χ1) is 24.6. The van der Waals surface area contributed by atoms with Crippen LogP contribution in [0.2, 0.25) is 51.4 Å². The van der Waals surface area contributed by atoms with Gasteiger partial charge in [-0.05, 0) is 79.3 Å². The lowest BCUT2D eigenvalue weighted by Gasteiger charge is -2.29. The van der Waals surface area contributed by atoms with Crippen LogP contribution in [0.3, 0.4) is 0 Å². The topological polar surface area (TPSA) is 132 Å². The number of imidazole rings is 2. The molecule has 2 aromatic heterocycles. The van der Waals surface area contributed by atoms with Gasteiger partial charge < -0.3 is 28.3 Å². The van der Waals surface area contributed by atoms with Crippen molar-refractivity contribution in [3.8, 4) is 11.8 Å². The molecule has 0 radical (unpaired) electrons. The maximum Gasteiger partial charge on any atom is 0.578 e. The largest absolute Gasteiger partial charge is 0.578 e. The Hall–Kier alpha value is -3.02. The highest BCUT2D eigenvalue weighted by molar-refractivity contribution is 6.76. The molecule has 0 bridgehead atoms. The molecule has 298 valence electrons. The smallest absolute Gasteiger partial charge is 0.514 e. The van der Waals surface area contributed by atoms with E-state index in [0.29, 0.717) is 49.7 Å². The second-order valence-corrected chi connectivity index (χ2v) is 29.8.